The molecule has 0 saturated carbocycles. The number of rotatable bonds is 6. The lowest BCUT2D eigenvalue weighted by Crippen LogP contribution is -2.00. The van der Waals surface area contributed by atoms with Gasteiger partial charge in [0.2, 0.25) is 0 Å². The second-order valence-electron chi connectivity index (χ2n) is 14.0. The van der Waals surface area contributed by atoms with Crippen LogP contribution in [0.25, 0.3) is 111 Å². The van der Waals surface area contributed by atoms with Gasteiger partial charge in [0.05, 0.1) is 0 Å². The van der Waals surface area contributed by atoms with E-state index in [1.165, 1.54) is 5.56 Å². The van der Waals surface area contributed by atoms with Crippen molar-refractivity contribution < 1.29 is 8.83 Å². The first-order chi connectivity index (χ1) is 27.7. The van der Waals surface area contributed by atoms with Crippen LogP contribution < -0.4 is 0 Å². The summed E-state index contributed by atoms with van der Waals surface area (Å²) in [4.78, 5) is 14.8. The van der Waals surface area contributed by atoms with Gasteiger partial charge in [-0.25, -0.2) is 15.0 Å². The van der Waals surface area contributed by atoms with E-state index in [-0.39, 0.29) is 0 Å². The molecule has 0 spiro atoms. The molecule has 3 aromatic heterocycles. The van der Waals surface area contributed by atoms with Crippen LogP contribution in [0.5, 0.6) is 0 Å². The number of hydrogen-bond acceptors (Lipinski definition) is 5. The number of hydrogen-bond donors (Lipinski definition) is 0. The standard InChI is InChI=1S/C51H31N3O2/c1-4-14-32(15-5-1)35-20-12-21-36(28-35)42-29-38(31-46-48(42)40-22-10-11-24-43(40)55-46)39-23-13-25-44-47(39)41-27-26-37(30-45(41)56-44)51-53-49(33-16-6-2-7-17-33)52-50(54-51)34-18-8-3-9-19-34/h1-31H. The lowest BCUT2D eigenvalue weighted by atomic mass is 9.91. The first kappa shape index (κ1) is 31.9. The molecule has 0 amide bonds. The molecule has 0 unspecified atom stereocenters. The van der Waals surface area contributed by atoms with Crippen LogP contribution in [0, 0.1) is 0 Å². The zero-order chi connectivity index (χ0) is 37.0. The van der Waals surface area contributed by atoms with Gasteiger partial charge in [0, 0.05) is 38.2 Å². The van der Waals surface area contributed by atoms with E-state index < -0.39 is 0 Å². The topological polar surface area (TPSA) is 65.0 Å². The van der Waals surface area contributed by atoms with Crippen LogP contribution in [0.2, 0.25) is 0 Å². The zero-order valence-corrected chi connectivity index (χ0v) is 30.1. The maximum atomic E-state index is 6.63. The summed E-state index contributed by atoms with van der Waals surface area (Å²) in [5, 5.41) is 4.25. The van der Waals surface area contributed by atoms with Crippen molar-refractivity contribution in [3.63, 3.8) is 0 Å². The normalized spacial score (nSPS) is 11.6. The van der Waals surface area contributed by atoms with Crippen molar-refractivity contribution in [2.24, 2.45) is 0 Å². The zero-order valence-electron chi connectivity index (χ0n) is 30.1. The van der Waals surface area contributed by atoms with Gasteiger partial charge in [-0.1, -0.05) is 146 Å². The number of nitrogens with zero attached hydrogens (tertiary/aromatic N) is 3. The van der Waals surface area contributed by atoms with Crippen molar-refractivity contribution in [3.05, 3.63) is 188 Å². The van der Waals surface area contributed by atoms with E-state index in [0.717, 1.165) is 88.4 Å². The highest BCUT2D eigenvalue weighted by Gasteiger charge is 2.20. The monoisotopic (exact) mass is 717 g/mol. The fourth-order valence-electron chi connectivity index (χ4n) is 7.88. The minimum Gasteiger partial charge on any atom is -0.456 e. The molecule has 56 heavy (non-hydrogen) atoms. The predicted molar refractivity (Wildman–Crippen MR) is 227 cm³/mol. The number of furan rings is 2. The maximum absolute atomic E-state index is 6.63. The molecule has 262 valence electrons. The van der Waals surface area contributed by atoms with Gasteiger partial charge in [0.1, 0.15) is 22.3 Å². The molecule has 0 radical (unpaired) electrons. The van der Waals surface area contributed by atoms with Crippen molar-refractivity contribution >= 4 is 43.9 Å². The quantitative estimate of drug-likeness (QED) is 0.171. The summed E-state index contributed by atoms with van der Waals surface area (Å²) >= 11 is 0. The molecule has 5 nitrogen and oxygen atoms in total. The van der Waals surface area contributed by atoms with Gasteiger partial charge in [0.15, 0.2) is 17.5 Å². The Balaban J connectivity index is 1.08. The Kier molecular flexibility index (Phi) is 7.42. The Hall–Kier alpha value is -7.63. The minimum atomic E-state index is 0.581. The van der Waals surface area contributed by atoms with Crippen LogP contribution in [0.4, 0.5) is 0 Å². The number of para-hydroxylation sites is 1. The summed E-state index contributed by atoms with van der Waals surface area (Å²) in [5.41, 5.74) is 12.7. The van der Waals surface area contributed by atoms with Crippen molar-refractivity contribution in [1.82, 2.24) is 15.0 Å². The fraction of sp³-hybridized carbons (Fsp3) is 0. The number of aromatic nitrogens is 3. The van der Waals surface area contributed by atoms with Crippen LogP contribution in [-0.4, -0.2) is 15.0 Å². The van der Waals surface area contributed by atoms with E-state index in [4.69, 9.17) is 23.8 Å². The Morgan fingerprint density at radius 3 is 1.52 bits per heavy atom. The second-order valence-corrected chi connectivity index (χ2v) is 14.0. The summed E-state index contributed by atoms with van der Waals surface area (Å²) in [5.74, 6) is 1.82. The summed E-state index contributed by atoms with van der Waals surface area (Å²) < 4.78 is 13.2. The molecule has 11 aromatic rings. The van der Waals surface area contributed by atoms with Gasteiger partial charge in [-0.15, -0.1) is 0 Å². The molecule has 0 aliphatic rings. The molecule has 0 bridgehead atoms. The van der Waals surface area contributed by atoms with E-state index in [1.807, 2.05) is 84.9 Å². The van der Waals surface area contributed by atoms with Crippen LogP contribution in [0.3, 0.4) is 0 Å². The largest absolute Gasteiger partial charge is 0.456 e. The summed E-state index contributed by atoms with van der Waals surface area (Å²) in [7, 11) is 0. The first-order valence-corrected chi connectivity index (χ1v) is 18.7. The highest BCUT2D eigenvalue weighted by Crippen LogP contribution is 2.44. The third kappa shape index (κ3) is 5.45. The number of fused-ring (bicyclic) bond motifs is 6. The molecule has 0 aliphatic carbocycles. The molecular weight excluding hydrogens is 687 g/mol. The lowest BCUT2D eigenvalue weighted by Gasteiger charge is -2.11. The summed E-state index contributed by atoms with van der Waals surface area (Å²) in [6.45, 7) is 0. The van der Waals surface area contributed by atoms with Crippen molar-refractivity contribution in [1.29, 1.82) is 0 Å². The van der Waals surface area contributed by atoms with Gasteiger partial charge >= 0.3 is 0 Å². The smallest absolute Gasteiger partial charge is 0.164 e. The van der Waals surface area contributed by atoms with E-state index in [2.05, 4.69) is 103 Å². The van der Waals surface area contributed by atoms with Crippen molar-refractivity contribution in [2.45, 2.75) is 0 Å². The molecule has 11 rings (SSSR count). The highest BCUT2D eigenvalue weighted by atomic mass is 16.3. The third-order valence-corrected chi connectivity index (χ3v) is 10.5. The van der Waals surface area contributed by atoms with Crippen LogP contribution in [0.15, 0.2) is 197 Å². The maximum Gasteiger partial charge on any atom is 0.164 e. The Labute approximate surface area is 322 Å². The van der Waals surface area contributed by atoms with Crippen LogP contribution >= 0.6 is 0 Å². The average molecular weight is 718 g/mol. The number of benzene rings is 8. The second kappa shape index (κ2) is 13.0. The Morgan fingerprint density at radius 1 is 0.268 bits per heavy atom. The molecule has 0 atom stereocenters. The summed E-state index contributed by atoms with van der Waals surface area (Å²) in [6.07, 6.45) is 0. The van der Waals surface area contributed by atoms with Crippen molar-refractivity contribution in [2.75, 3.05) is 0 Å². The van der Waals surface area contributed by atoms with Gasteiger partial charge in [0.25, 0.3) is 0 Å². The van der Waals surface area contributed by atoms with Gasteiger partial charge in [-0.3, -0.25) is 0 Å². The molecule has 8 aromatic carbocycles. The van der Waals surface area contributed by atoms with Crippen molar-refractivity contribution in [3.8, 4) is 67.5 Å². The van der Waals surface area contributed by atoms with E-state index in [1.54, 1.807) is 0 Å². The first-order valence-electron chi connectivity index (χ1n) is 18.7. The van der Waals surface area contributed by atoms with E-state index in [0.29, 0.717) is 17.5 Å². The lowest BCUT2D eigenvalue weighted by molar-refractivity contribution is 0.668. The molecule has 0 fully saturated rings. The highest BCUT2D eigenvalue weighted by molar-refractivity contribution is 6.17. The molecule has 0 aliphatic heterocycles. The van der Waals surface area contributed by atoms with E-state index >= 15 is 0 Å². The third-order valence-electron chi connectivity index (χ3n) is 10.5. The summed E-state index contributed by atoms with van der Waals surface area (Å²) in [6, 6.07) is 64.6. The molecule has 0 N–H and O–H groups in total. The van der Waals surface area contributed by atoms with Gasteiger partial charge in [-0.05, 0) is 75.8 Å². The Bertz CT molecular complexity index is 3180. The van der Waals surface area contributed by atoms with Crippen LogP contribution in [0.1, 0.15) is 0 Å². The molecule has 3 heterocycles. The Morgan fingerprint density at radius 2 is 0.786 bits per heavy atom. The SMILES string of the molecule is c1ccc(-c2cccc(-c3cc(-c4cccc5oc6cc(-c7nc(-c8ccccc8)nc(-c8ccccc8)n7)ccc6c45)cc4oc5ccccc5c34)c2)cc1. The van der Waals surface area contributed by atoms with Gasteiger partial charge < -0.3 is 8.83 Å². The predicted octanol–water partition coefficient (Wildman–Crippen LogP) is 13.7. The molecule has 0 saturated heterocycles. The van der Waals surface area contributed by atoms with Crippen LogP contribution in [-0.2, 0) is 0 Å². The minimum absolute atomic E-state index is 0.581. The molecular formula is C51H31N3O2. The molecule has 5 heteroatoms. The average Bonchev–Trinajstić information content (AvgIpc) is 3.85. The fourth-order valence-corrected chi connectivity index (χ4v) is 7.88. The van der Waals surface area contributed by atoms with Gasteiger partial charge in [-0.2, -0.15) is 0 Å². The van der Waals surface area contributed by atoms with E-state index in [9.17, 15) is 0 Å².